The Kier molecular flexibility index (Phi) is 5.26. The fourth-order valence-corrected chi connectivity index (χ4v) is 2.03. The van der Waals surface area contributed by atoms with Crippen LogP contribution in [0.4, 0.5) is 10.5 Å². The van der Waals surface area contributed by atoms with E-state index in [1.54, 1.807) is 24.4 Å². The third-order valence-corrected chi connectivity index (χ3v) is 3.45. The van der Waals surface area contributed by atoms with E-state index in [1.165, 1.54) is 0 Å². The van der Waals surface area contributed by atoms with E-state index in [1.807, 2.05) is 37.3 Å². The molecule has 0 fully saturated rings. The van der Waals surface area contributed by atoms with Crippen LogP contribution in [0.2, 0.25) is 10.0 Å². The van der Waals surface area contributed by atoms with Crippen LogP contribution in [0.1, 0.15) is 11.1 Å². The summed E-state index contributed by atoms with van der Waals surface area (Å²) < 4.78 is 0. The van der Waals surface area contributed by atoms with Gasteiger partial charge in [0, 0.05) is 11.9 Å². The highest BCUT2D eigenvalue weighted by Gasteiger charge is 2.02. The number of nitrogens with one attached hydrogen (secondary N) is 2. The van der Waals surface area contributed by atoms with E-state index >= 15 is 0 Å². The van der Waals surface area contributed by atoms with Crippen LogP contribution in [0.3, 0.4) is 0 Å². The first-order valence-electron chi connectivity index (χ1n) is 6.30. The average Bonchev–Trinajstić information content (AvgIpc) is 2.43. The Hall–Kier alpha value is -1.97. The minimum atomic E-state index is -0.350. The summed E-state index contributed by atoms with van der Waals surface area (Å²) in [7, 11) is 0. The number of hydrogen-bond acceptors (Lipinski definition) is 1. The lowest BCUT2D eigenvalue weighted by Crippen LogP contribution is -2.23. The van der Waals surface area contributed by atoms with E-state index < -0.39 is 0 Å². The summed E-state index contributed by atoms with van der Waals surface area (Å²) in [6.07, 6.45) is 3.41. The Morgan fingerprint density at radius 2 is 1.90 bits per heavy atom. The van der Waals surface area contributed by atoms with Crippen LogP contribution < -0.4 is 10.6 Å². The van der Waals surface area contributed by atoms with Crippen LogP contribution in [0.5, 0.6) is 0 Å². The molecule has 108 valence electrons. The number of halogens is 2. The van der Waals surface area contributed by atoms with Gasteiger partial charge >= 0.3 is 6.03 Å². The molecule has 0 unspecified atom stereocenters. The van der Waals surface area contributed by atoms with Gasteiger partial charge < -0.3 is 10.6 Å². The van der Waals surface area contributed by atoms with Gasteiger partial charge in [0.25, 0.3) is 0 Å². The maximum Gasteiger partial charge on any atom is 0.323 e. The van der Waals surface area contributed by atoms with Crippen LogP contribution in [0, 0.1) is 6.92 Å². The van der Waals surface area contributed by atoms with E-state index in [0.29, 0.717) is 15.7 Å². The van der Waals surface area contributed by atoms with Crippen molar-refractivity contribution < 1.29 is 4.79 Å². The molecule has 0 saturated heterocycles. The highest BCUT2D eigenvalue weighted by Crippen LogP contribution is 2.24. The van der Waals surface area contributed by atoms with Gasteiger partial charge in [0.15, 0.2) is 0 Å². The number of benzene rings is 2. The van der Waals surface area contributed by atoms with Crippen molar-refractivity contribution >= 4 is 41.0 Å². The summed E-state index contributed by atoms with van der Waals surface area (Å²) in [5, 5.41) is 6.13. The molecule has 0 saturated carbocycles. The number of hydrogen-bond donors (Lipinski definition) is 2. The Bertz CT molecular complexity index is 684. The highest BCUT2D eigenvalue weighted by molar-refractivity contribution is 6.42. The molecule has 5 heteroatoms. The van der Waals surface area contributed by atoms with E-state index in [0.717, 1.165) is 11.1 Å². The first-order chi connectivity index (χ1) is 10.0. The molecule has 0 spiro atoms. The average molecular weight is 321 g/mol. The van der Waals surface area contributed by atoms with Crippen molar-refractivity contribution in [2.24, 2.45) is 0 Å². The molecule has 0 aromatic heterocycles. The predicted octanol–water partition coefficient (Wildman–Crippen LogP) is 5.09. The molecule has 21 heavy (non-hydrogen) atoms. The minimum absolute atomic E-state index is 0.350. The topological polar surface area (TPSA) is 41.1 Å². The second-order valence-corrected chi connectivity index (χ2v) is 5.29. The monoisotopic (exact) mass is 320 g/mol. The van der Waals surface area contributed by atoms with Crippen molar-refractivity contribution in [3.63, 3.8) is 0 Å². The molecular weight excluding hydrogens is 307 g/mol. The van der Waals surface area contributed by atoms with Gasteiger partial charge in [-0.05, 0) is 36.8 Å². The SMILES string of the molecule is Cc1cccc(/C=C/NC(=O)Nc2ccc(Cl)c(Cl)c2)c1. The van der Waals surface area contributed by atoms with Gasteiger partial charge in [-0.1, -0.05) is 53.0 Å². The lowest BCUT2D eigenvalue weighted by molar-refractivity contribution is 0.255. The van der Waals surface area contributed by atoms with Crippen LogP contribution in [-0.2, 0) is 0 Å². The van der Waals surface area contributed by atoms with E-state index in [-0.39, 0.29) is 6.03 Å². The quantitative estimate of drug-likeness (QED) is 0.812. The van der Waals surface area contributed by atoms with E-state index in [2.05, 4.69) is 10.6 Å². The smallest absolute Gasteiger partial charge is 0.314 e. The molecular formula is C16H14Cl2N2O. The molecule has 0 bridgehead atoms. The molecule has 3 nitrogen and oxygen atoms in total. The van der Waals surface area contributed by atoms with Crippen molar-refractivity contribution in [2.75, 3.05) is 5.32 Å². The third kappa shape index (κ3) is 4.81. The number of carbonyl (C=O) groups is 1. The van der Waals surface area contributed by atoms with Gasteiger partial charge in [0.05, 0.1) is 10.0 Å². The molecule has 2 amide bonds. The lowest BCUT2D eigenvalue weighted by Gasteiger charge is -2.05. The van der Waals surface area contributed by atoms with Crippen LogP contribution in [0.25, 0.3) is 6.08 Å². The number of urea groups is 1. The predicted molar refractivity (Wildman–Crippen MR) is 88.8 cm³/mol. The summed E-state index contributed by atoms with van der Waals surface area (Å²) in [6, 6.07) is 12.5. The molecule has 0 aliphatic heterocycles. The summed E-state index contributed by atoms with van der Waals surface area (Å²) in [6.45, 7) is 2.02. The molecule has 2 aromatic carbocycles. The number of aryl methyl sites for hydroxylation is 1. The molecule has 0 aliphatic rings. The number of amides is 2. The summed E-state index contributed by atoms with van der Waals surface area (Å²) >= 11 is 11.7. The van der Waals surface area contributed by atoms with E-state index in [4.69, 9.17) is 23.2 Å². The molecule has 0 atom stereocenters. The Morgan fingerprint density at radius 1 is 1.10 bits per heavy atom. The van der Waals surface area contributed by atoms with Crippen LogP contribution in [-0.4, -0.2) is 6.03 Å². The molecule has 0 aliphatic carbocycles. The maximum absolute atomic E-state index is 11.7. The maximum atomic E-state index is 11.7. The number of rotatable bonds is 3. The second kappa shape index (κ2) is 7.16. The normalized spacial score (nSPS) is 10.6. The largest absolute Gasteiger partial charge is 0.323 e. The number of anilines is 1. The second-order valence-electron chi connectivity index (χ2n) is 4.47. The fraction of sp³-hybridized carbons (Fsp3) is 0.0625. The fourth-order valence-electron chi connectivity index (χ4n) is 1.73. The molecule has 2 N–H and O–H groups in total. The van der Waals surface area contributed by atoms with E-state index in [9.17, 15) is 4.79 Å². The van der Waals surface area contributed by atoms with Gasteiger partial charge in [-0.25, -0.2) is 4.79 Å². The van der Waals surface area contributed by atoms with Crippen molar-refractivity contribution in [3.05, 3.63) is 69.8 Å². The molecule has 2 rings (SSSR count). The molecule has 0 heterocycles. The molecule has 0 radical (unpaired) electrons. The van der Waals surface area contributed by atoms with Crippen LogP contribution in [0.15, 0.2) is 48.7 Å². The first-order valence-corrected chi connectivity index (χ1v) is 7.06. The van der Waals surface area contributed by atoms with Crippen molar-refractivity contribution in [1.29, 1.82) is 0 Å². The zero-order chi connectivity index (χ0) is 15.2. The molecule has 2 aromatic rings. The van der Waals surface area contributed by atoms with Gasteiger partial charge in [-0.15, -0.1) is 0 Å². The van der Waals surface area contributed by atoms with Gasteiger partial charge in [0.1, 0.15) is 0 Å². The van der Waals surface area contributed by atoms with Gasteiger partial charge in [-0.2, -0.15) is 0 Å². The van der Waals surface area contributed by atoms with Gasteiger partial charge in [0.2, 0.25) is 0 Å². The minimum Gasteiger partial charge on any atom is -0.314 e. The zero-order valence-electron chi connectivity index (χ0n) is 11.4. The lowest BCUT2D eigenvalue weighted by atomic mass is 10.1. The number of carbonyl (C=O) groups excluding carboxylic acids is 1. The van der Waals surface area contributed by atoms with Gasteiger partial charge in [-0.3, -0.25) is 0 Å². The van der Waals surface area contributed by atoms with Crippen molar-refractivity contribution in [1.82, 2.24) is 5.32 Å². The van der Waals surface area contributed by atoms with Crippen molar-refractivity contribution in [2.45, 2.75) is 6.92 Å². The summed E-state index contributed by atoms with van der Waals surface area (Å²) in [5.74, 6) is 0. The zero-order valence-corrected chi connectivity index (χ0v) is 12.9. The van der Waals surface area contributed by atoms with Crippen molar-refractivity contribution in [3.8, 4) is 0 Å². The summed E-state index contributed by atoms with van der Waals surface area (Å²) in [5.41, 5.74) is 2.76. The Labute approximate surface area is 133 Å². The third-order valence-electron chi connectivity index (χ3n) is 2.71. The first kappa shape index (κ1) is 15.4. The standard InChI is InChI=1S/C16H14Cl2N2O/c1-11-3-2-4-12(9-11)7-8-19-16(21)20-13-5-6-14(17)15(18)10-13/h2-10H,1H3,(H2,19,20,21)/b8-7+. The van der Waals surface area contributed by atoms with Crippen LogP contribution >= 0.6 is 23.2 Å². The summed E-state index contributed by atoms with van der Waals surface area (Å²) in [4.78, 5) is 11.7. The highest BCUT2D eigenvalue weighted by atomic mass is 35.5. The Balaban J connectivity index is 1.91. The Morgan fingerprint density at radius 3 is 2.62 bits per heavy atom.